The molecule has 3 aromatic carbocycles. The molecule has 0 fully saturated rings. The standard InChI is InChI=1S/C21H16F5NO2S/c1-12-8-14(9-13(2)20(12)21(24,25)26)16-10-17(22)18(23)11-19(16)27-30(28,29)15-6-4-3-5-7-15/h3-11,27H,1-2H3. The van der Waals surface area contributed by atoms with Crippen LogP contribution in [0, 0.1) is 25.5 Å². The lowest BCUT2D eigenvalue weighted by molar-refractivity contribution is -0.138. The lowest BCUT2D eigenvalue weighted by atomic mass is 9.94. The minimum atomic E-state index is -4.58. The maximum atomic E-state index is 13.9. The van der Waals surface area contributed by atoms with Gasteiger partial charge in [-0.1, -0.05) is 30.3 Å². The molecule has 9 heteroatoms. The van der Waals surface area contributed by atoms with Gasteiger partial charge in [-0.05, 0) is 48.7 Å². The number of aryl methyl sites for hydroxylation is 2. The van der Waals surface area contributed by atoms with Crippen LogP contribution in [0.3, 0.4) is 0 Å². The van der Waals surface area contributed by atoms with Gasteiger partial charge in [0.2, 0.25) is 0 Å². The first kappa shape index (κ1) is 21.8. The highest BCUT2D eigenvalue weighted by atomic mass is 32.2. The van der Waals surface area contributed by atoms with Gasteiger partial charge in [-0.3, -0.25) is 4.72 Å². The number of benzene rings is 3. The van der Waals surface area contributed by atoms with E-state index >= 15 is 0 Å². The van der Waals surface area contributed by atoms with Crippen LogP contribution in [-0.2, 0) is 16.2 Å². The van der Waals surface area contributed by atoms with Crippen molar-refractivity contribution in [1.82, 2.24) is 0 Å². The molecule has 0 heterocycles. The molecule has 0 bridgehead atoms. The van der Waals surface area contributed by atoms with Gasteiger partial charge >= 0.3 is 6.18 Å². The number of nitrogens with one attached hydrogen (secondary N) is 1. The zero-order chi connectivity index (χ0) is 22.3. The number of halogens is 5. The van der Waals surface area contributed by atoms with Crippen LogP contribution in [0.15, 0.2) is 59.5 Å². The van der Waals surface area contributed by atoms with Gasteiger partial charge < -0.3 is 0 Å². The van der Waals surface area contributed by atoms with Crippen molar-refractivity contribution in [2.75, 3.05) is 4.72 Å². The highest BCUT2D eigenvalue weighted by molar-refractivity contribution is 7.92. The van der Waals surface area contributed by atoms with Crippen LogP contribution in [0.4, 0.5) is 27.6 Å². The molecule has 0 radical (unpaired) electrons. The summed E-state index contributed by atoms with van der Waals surface area (Å²) in [5.41, 5.74) is -1.36. The van der Waals surface area contributed by atoms with E-state index in [0.717, 1.165) is 18.2 Å². The third-order valence-corrected chi connectivity index (χ3v) is 5.87. The summed E-state index contributed by atoms with van der Waals surface area (Å²) in [6.45, 7) is 2.49. The fourth-order valence-electron chi connectivity index (χ4n) is 3.24. The zero-order valence-electron chi connectivity index (χ0n) is 15.8. The van der Waals surface area contributed by atoms with Gasteiger partial charge in [0.1, 0.15) is 0 Å². The second kappa shape index (κ2) is 7.71. The Morgan fingerprint density at radius 3 is 1.90 bits per heavy atom. The molecule has 0 atom stereocenters. The van der Waals surface area contributed by atoms with Crippen LogP contribution in [-0.4, -0.2) is 8.42 Å². The molecular formula is C21H16F5NO2S. The predicted molar refractivity (Wildman–Crippen MR) is 104 cm³/mol. The molecular weight excluding hydrogens is 425 g/mol. The smallest absolute Gasteiger partial charge is 0.279 e. The van der Waals surface area contributed by atoms with Crippen LogP contribution in [0.2, 0.25) is 0 Å². The van der Waals surface area contributed by atoms with Crippen molar-refractivity contribution in [3.8, 4) is 11.1 Å². The lowest BCUT2D eigenvalue weighted by Crippen LogP contribution is -2.14. The van der Waals surface area contributed by atoms with Gasteiger partial charge in [0.05, 0.1) is 16.1 Å². The summed E-state index contributed by atoms with van der Waals surface area (Å²) in [4.78, 5) is -0.111. The predicted octanol–water partition coefficient (Wildman–Crippen LogP) is 6.07. The highest BCUT2D eigenvalue weighted by Gasteiger charge is 2.34. The molecule has 1 N–H and O–H groups in total. The number of rotatable bonds is 4. The summed E-state index contributed by atoms with van der Waals surface area (Å²) < 4.78 is 95.0. The van der Waals surface area contributed by atoms with E-state index in [2.05, 4.69) is 4.72 Å². The second-order valence-electron chi connectivity index (χ2n) is 6.71. The van der Waals surface area contributed by atoms with E-state index in [4.69, 9.17) is 0 Å². The van der Waals surface area contributed by atoms with E-state index in [9.17, 15) is 30.4 Å². The first-order valence-corrected chi connectivity index (χ1v) is 10.1. The summed E-state index contributed by atoms with van der Waals surface area (Å²) in [6.07, 6.45) is -4.58. The Morgan fingerprint density at radius 1 is 0.833 bits per heavy atom. The molecule has 0 unspecified atom stereocenters. The zero-order valence-corrected chi connectivity index (χ0v) is 16.6. The van der Waals surface area contributed by atoms with Gasteiger partial charge in [0, 0.05) is 11.6 Å². The number of hydrogen-bond donors (Lipinski definition) is 1. The van der Waals surface area contributed by atoms with Gasteiger partial charge in [0.25, 0.3) is 10.0 Å². The molecule has 0 amide bonds. The monoisotopic (exact) mass is 441 g/mol. The molecule has 0 aliphatic heterocycles. The SMILES string of the molecule is Cc1cc(-c2cc(F)c(F)cc2NS(=O)(=O)c2ccccc2)cc(C)c1C(F)(F)F. The fraction of sp³-hybridized carbons (Fsp3) is 0.143. The Kier molecular flexibility index (Phi) is 5.60. The third kappa shape index (κ3) is 4.30. The van der Waals surface area contributed by atoms with Crippen LogP contribution in [0.5, 0.6) is 0 Å². The van der Waals surface area contributed by atoms with Crippen molar-refractivity contribution in [2.45, 2.75) is 24.9 Å². The Bertz CT molecular complexity index is 1180. The number of alkyl halides is 3. The van der Waals surface area contributed by atoms with Crippen LogP contribution < -0.4 is 4.72 Å². The Morgan fingerprint density at radius 2 is 1.37 bits per heavy atom. The highest BCUT2D eigenvalue weighted by Crippen LogP contribution is 2.39. The average molecular weight is 441 g/mol. The minimum Gasteiger partial charge on any atom is -0.279 e. The molecule has 0 aromatic heterocycles. The third-order valence-electron chi connectivity index (χ3n) is 4.49. The van der Waals surface area contributed by atoms with E-state index in [-0.39, 0.29) is 32.8 Å². The summed E-state index contributed by atoms with van der Waals surface area (Å²) in [6, 6.07) is 10.9. The van der Waals surface area contributed by atoms with Gasteiger partial charge in [-0.2, -0.15) is 13.2 Å². The number of anilines is 1. The van der Waals surface area contributed by atoms with Crippen molar-refractivity contribution >= 4 is 15.7 Å². The van der Waals surface area contributed by atoms with E-state index in [1.54, 1.807) is 6.07 Å². The Hall–Kier alpha value is -2.94. The van der Waals surface area contributed by atoms with Gasteiger partial charge in [0.15, 0.2) is 11.6 Å². The quantitative estimate of drug-likeness (QED) is 0.500. The van der Waals surface area contributed by atoms with Gasteiger partial charge in [-0.25, -0.2) is 17.2 Å². The van der Waals surface area contributed by atoms with E-state index in [0.29, 0.717) is 6.07 Å². The van der Waals surface area contributed by atoms with Crippen molar-refractivity contribution < 1.29 is 30.4 Å². The lowest BCUT2D eigenvalue weighted by Gasteiger charge is -2.18. The molecule has 0 spiro atoms. The molecule has 0 aliphatic rings. The largest absolute Gasteiger partial charge is 0.416 e. The molecule has 158 valence electrons. The van der Waals surface area contributed by atoms with Gasteiger partial charge in [-0.15, -0.1) is 0 Å². The summed E-state index contributed by atoms with van der Waals surface area (Å²) in [5, 5.41) is 0. The molecule has 3 rings (SSSR count). The maximum absolute atomic E-state index is 13.9. The van der Waals surface area contributed by atoms with Crippen LogP contribution in [0.1, 0.15) is 16.7 Å². The fourth-order valence-corrected chi connectivity index (χ4v) is 4.33. The Balaban J connectivity index is 2.17. The molecule has 3 aromatic rings. The molecule has 0 aliphatic carbocycles. The molecule has 3 nitrogen and oxygen atoms in total. The van der Waals surface area contributed by atoms with Crippen molar-refractivity contribution in [3.63, 3.8) is 0 Å². The Labute approximate surface area is 170 Å². The van der Waals surface area contributed by atoms with E-state index in [1.165, 1.54) is 38.1 Å². The van der Waals surface area contributed by atoms with Crippen LogP contribution in [0.25, 0.3) is 11.1 Å². The van der Waals surface area contributed by atoms with Crippen molar-refractivity contribution in [3.05, 3.63) is 82.9 Å². The second-order valence-corrected chi connectivity index (χ2v) is 8.40. The normalized spacial score (nSPS) is 12.1. The number of sulfonamides is 1. The first-order chi connectivity index (χ1) is 13.9. The van der Waals surface area contributed by atoms with Crippen molar-refractivity contribution in [2.24, 2.45) is 0 Å². The summed E-state index contributed by atoms with van der Waals surface area (Å²) >= 11 is 0. The van der Waals surface area contributed by atoms with E-state index < -0.39 is 33.4 Å². The molecule has 0 saturated carbocycles. The summed E-state index contributed by atoms with van der Waals surface area (Å²) in [7, 11) is -4.14. The minimum absolute atomic E-state index is 0.0895. The molecule has 30 heavy (non-hydrogen) atoms. The first-order valence-electron chi connectivity index (χ1n) is 8.66. The summed E-state index contributed by atoms with van der Waals surface area (Å²) in [5.74, 6) is -2.56. The van der Waals surface area contributed by atoms with Crippen LogP contribution >= 0.6 is 0 Å². The number of hydrogen-bond acceptors (Lipinski definition) is 2. The van der Waals surface area contributed by atoms with Crippen molar-refractivity contribution in [1.29, 1.82) is 0 Å². The average Bonchev–Trinajstić information content (AvgIpc) is 2.63. The topological polar surface area (TPSA) is 46.2 Å². The van der Waals surface area contributed by atoms with E-state index in [1.807, 2.05) is 0 Å². The molecule has 0 saturated heterocycles. The maximum Gasteiger partial charge on any atom is 0.416 e.